The molecule has 1 aromatic carbocycles. The molecule has 14 heteroatoms. The smallest absolute Gasteiger partial charge is 0.350 e. The summed E-state index contributed by atoms with van der Waals surface area (Å²) in [4.78, 5) is 27.5. The molecule has 0 radical (unpaired) electrons. The molecule has 3 aliphatic rings. The average Bonchev–Trinajstić information content (AvgIpc) is 3.31. The number of likely N-dealkylation sites (tertiary alicyclic amines) is 1. The van der Waals surface area contributed by atoms with Crippen LogP contribution in [-0.4, -0.2) is 72.5 Å². The van der Waals surface area contributed by atoms with Gasteiger partial charge < -0.3 is 10.2 Å². The molecule has 4 rings (SSSR count). The van der Waals surface area contributed by atoms with Crippen LogP contribution in [0.5, 0.6) is 0 Å². The Morgan fingerprint density at radius 2 is 1.78 bits per heavy atom. The SMILES string of the molecule is N#CC1CN(S(=O)(=O)N2CCC[C@H](C(=O)N3CCC[C@@H]3C(=O)NCc3c(F)cccc3C(F)(F)F)C2)C1. The predicted molar refractivity (Wildman–Crippen MR) is 122 cm³/mol. The maximum Gasteiger partial charge on any atom is 0.416 e. The van der Waals surface area contributed by atoms with E-state index in [0.717, 1.165) is 18.2 Å². The summed E-state index contributed by atoms with van der Waals surface area (Å²) in [5, 5.41) is 11.3. The van der Waals surface area contributed by atoms with Gasteiger partial charge in [-0.05, 0) is 37.8 Å². The van der Waals surface area contributed by atoms with Gasteiger partial charge in [-0.15, -0.1) is 0 Å². The topological polar surface area (TPSA) is 114 Å². The minimum atomic E-state index is -4.80. The van der Waals surface area contributed by atoms with Crippen molar-refractivity contribution in [2.75, 3.05) is 32.7 Å². The molecule has 0 aliphatic carbocycles. The van der Waals surface area contributed by atoms with Gasteiger partial charge in [-0.25, -0.2) is 4.39 Å². The second-order valence-corrected chi connectivity index (χ2v) is 11.4. The predicted octanol–water partition coefficient (Wildman–Crippen LogP) is 1.86. The number of alkyl halides is 3. The molecule has 0 spiro atoms. The number of amides is 2. The Bertz CT molecular complexity index is 1200. The zero-order valence-electron chi connectivity index (χ0n) is 19.9. The van der Waals surface area contributed by atoms with Crippen molar-refractivity contribution in [3.63, 3.8) is 0 Å². The average molecular weight is 546 g/mol. The molecule has 1 aromatic rings. The van der Waals surface area contributed by atoms with Crippen molar-refractivity contribution >= 4 is 22.0 Å². The number of nitrogens with one attached hydrogen (secondary N) is 1. The number of carbonyl (C=O) groups excluding carboxylic acids is 2. The number of rotatable bonds is 6. The first-order valence-corrected chi connectivity index (χ1v) is 13.4. The number of benzene rings is 1. The highest BCUT2D eigenvalue weighted by Gasteiger charge is 2.44. The molecule has 37 heavy (non-hydrogen) atoms. The molecule has 0 aromatic heterocycles. The summed E-state index contributed by atoms with van der Waals surface area (Å²) in [5.41, 5.74) is -1.86. The van der Waals surface area contributed by atoms with Gasteiger partial charge in [0.05, 0.1) is 23.5 Å². The van der Waals surface area contributed by atoms with Crippen LogP contribution in [0.3, 0.4) is 0 Å². The van der Waals surface area contributed by atoms with Crippen molar-refractivity contribution in [1.29, 1.82) is 5.26 Å². The highest BCUT2D eigenvalue weighted by atomic mass is 32.2. The summed E-state index contributed by atoms with van der Waals surface area (Å²) in [6.07, 6.45) is -3.13. The summed E-state index contributed by atoms with van der Waals surface area (Å²) >= 11 is 0. The third-order valence-corrected chi connectivity index (χ3v) is 9.05. The number of hydrogen-bond donors (Lipinski definition) is 1. The summed E-state index contributed by atoms with van der Waals surface area (Å²) in [6.45, 7) is -0.0178. The molecule has 2 atom stereocenters. The number of piperidine rings is 1. The van der Waals surface area contributed by atoms with Crippen molar-refractivity contribution in [2.24, 2.45) is 11.8 Å². The van der Waals surface area contributed by atoms with Crippen molar-refractivity contribution in [1.82, 2.24) is 18.8 Å². The highest BCUT2D eigenvalue weighted by Crippen LogP contribution is 2.33. The molecule has 1 N–H and O–H groups in total. The fraction of sp³-hybridized carbons (Fsp3) is 0.609. The standard InChI is InChI=1S/C23H27F4N5O4S/c24-19-6-1-5-18(23(25,26)27)17(19)11-29-21(33)20-7-3-9-32(20)22(34)16-4-2-8-30(14-16)37(35,36)31-12-15(10-28)13-31/h1,5-6,15-16,20H,2-4,7-9,11-14H2,(H,29,33)/t16-,20+/m0/s1. The van der Waals surface area contributed by atoms with Gasteiger partial charge >= 0.3 is 6.18 Å². The van der Waals surface area contributed by atoms with Gasteiger partial charge in [0, 0.05) is 44.8 Å². The summed E-state index contributed by atoms with van der Waals surface area (Å²) in [6, 6.07) is 3.64. The molecule has 9 nitrogen and oxygen atoms in total. The Labute approximate surface area is 212 Å². The molecule has 3 aliphatic heterocycles. The van der Waals surface area contributed by atoms with Crippen LogP contribution < -0.4 is 5.32 Å². The Hall–Kier alpha value is -2.76. The van der Waals surface area contributed by atoms with Crippen LogP contribution in [0.15, 0.2) is 18.2 Å². The molecule has 0 saturated carbocycles. The van der Waals surface area contributed by atoms with E-state index in [-0.39, 0.29) is 38.6 Å². The maximum atomic E-state index is 14.1. The molecule has 3 saturated heterocycles. The first-order chi connectivity index (χ1) is 17.4. The van der Waals surface area contributed by atoms with E-state index in [1.54, 1.807) is 0 Å². The second-order valence-electron chi connectivity index (χ2n) is 9.52. The second kappa shape index (κ2) is 10.5. The molecule has 2 amide bonds. The fourth-order valence-electron chi connectivity index (χ4n) is 5.06. The maximum absolute atomic E-state index is 14.1. The summed E-state index contributed by atoms with van der Waals surface area (Å²) in [5.74, 6) is -3.20. The Balaban J connectivity index is 1.40. The fourth-order valence-corrected chi connectivity index (χ4v) is 6.85. The molecule has 3 fully saturated rings. The Kier molecular flexibility index (Phi) is 7.77. The van der Waals surface area contributed by atoms with E-state index in [9.17, 15) is 35.6 Å². The monoisotopic (exact) mass is 545 g/mol. The van der Waals surface area contributed by atoms with E-state index in [2.05, 4.69) is 5.32 Å². The van der Waals surface area contributed by atoms with E-state index >= 15 is 0 Å². The zero-order chi connectivity index (χ0) is 27.0. The van der Waals surface area contributed by atoms with Gasteiger partial charge in [0.15, 0.2) is 0 Å². The third-order valence-electron chi connectivity index (χ3n) is 7.12. The van der Waals surface area contributed by atoms with Crippen molar-refractivity contribution in [3.05, 3.63) is 35.1 Å². The summed E-state index contributed by atoms with van der Waals surface area (Å²) in [7, 11) is -3.81. The quantitative estimate of drug-likeness (QED) is 0.549. The van der Waals surface area contributed by atoms with Crippen molar-refractivity contribution < 1.29 is 35.6 Å². The number of carbonyl (C=O) groups is 2. The Morgan fingerprint density at radius 1 is 1.08 bits per heavy atom. The highest BCUT2D eigenvalue weighted by molar-refractivity contribution is 7.86. The van der Waals surface area contributed by atoms with Gasteiger partial charge in [-0.3, -0.25) is 9.59 Å². The Morgan fingerprint density at radius 3 is 2.46 bits per heavy atom. The van der Waals surface area contributed by atoms with Crippen molar-refractivity contribution in [2.45, 2.75) is 44.4 Å². The van der Waals surface area contributed by atoms with Gasteiger partial charge in [0.1, 0.15) is 11.9 Å². The lowest BCUT2D eigenvalue weighted by Gasteiger charge is -2.41. The first kappa shape index (κ1) is 27.3. The van der Waals surface area contributed by atoms with Crippen LogP contribution >= 0.6 is 0 Å². The van der Waals surface area contributed by atoms with Gasteiger partial charge in [-0.2, -0.15) is 35.5 Å². The number of halogens is 4. The minimum absolute atomic E-state index is 0.0517. The van der Waals surface area contributed by atoms with E-state index in [1.165, 1.54) is 13.5 Å². The molecule has 0 bridgehead atoms. The van der Waals surface area contributed by atoms with E-state index < -0.39 is 63.6 Å². The lowest BCUT2D eigenvalue weighted by atomic mass is 9.97. The third kappa shape index (κ3) is 5.58. The van der Waals surface area contributed by atoms with Crippen molar-refractivity contribution in [3.8, 4) is 6.07 Å². The van der Waals surface area contributed by atoms with E-state index in [4.69, 9.17) is 5.26 Å². The lowest BCUT2D eigenvalue weighted by Crippen LogP contribution is -2.57. The lowest BCUT2D eigenvalue weighted by molar-refractivity contribution is -0.142. The molecule has 3 heterocycles. The van der Waals surface area contributed by atoms with Crippen LogP contribution in [0.4, 0.5) is 17.6 Å². The summed E-state index contributed by atoms with van der Waals surface area (Å²) < 4.78 is 82.1. The van der Waals surface area contributed by atoms with Gasteiger partial charge in [0.25, 0.3) is 10.2 Å². The largest absolute Gasteiger partial charge is 0.416 e. The number of hydrogen-bond acceptors (Lipinski definition) is 5. The van der Waals surface area contributed by atoms with Crippen LogP contribution in [0, 0.1) is 29.0 Å². The molecular weight excluding hydrogens is 518 g/mol. The van der Waals surface area contributed by atoms with Gasteiger partial charge in [-0.1, -0.05) is 6.07 Å². The zero-order valence-corrected chi connectivity index (χ0v) is 20.7. The van der Waals surface area contributed by atoms with E-state index in [0.29, 0.717) is 25.7 Å². The molecule has 0 unspecified atom stereocenters. The first-order valence-electron chi connectivity index (χ1n) is 12.0. The van der Waals surface area contributed by atoms with Crippen LogP contribution in [0.2, 0.25) is 0 Å². The van der Waals surface area contributed by atoms with E-state index in [1.807, 2.05) is 6.07 Å². The van der Waals surface area contributed by atoms with Crippen LogP contribution in [-0.2, 0) is 32.5 Å². The van der Waals surface area contributed by atoms with Crippen LogP contribution in [0.25, 0.3) is 0 Å². The van der Waals surface area contributed by atoms with Gasteiger partial charge in [0.2, 0.25) is 11.8 Å². The normalized spacial score (nSPS) is 23.9. The minimum Gasteiger partial charge on any atom is -0.350 e. The molecule has 202 valence electrons. The number of nitriles is 1. The van der Waals surface area contributed by atoms with Crippen LogP contribution in [0.1, 0.15) is 36.8 Å². The molecular formula is C23H27F4N5O4S. The number of nitrogens with zero attached hydrogens (tertiary/aromatic N) is 4.